The van der Waals surface area contributed by atoms with Crippen molar-refractivity contribution in [1.29, 1.82) is 5.26 Å². The first-order valence-corrected chi connectivity index (χ1v) is 9.31. The maximum Gasteiger partial charge on any atom is 0.216 e. The molecule has 0 saturated heterocycles. The summed E-state index contributed by atoms with van der Waals surface area (Å²) in [6.07, 6.45) is 0. The Morgan fingerprint density at radius 1 is 1.21 bits per heavy atom. The van der Waals surface area contributed by atoms with Crippen LogP contribution in [0.2, 0.25) is 0 Å². The lowest BCUT2D eigenvalue weighted by atomic mass is 10.0. The molecule has 1 aromatic carbocycles. The van der Waals surface area contributed by atoms with Crippen LogP contribution in [0.15, 0.2) is 35.7 Å². The second kappa shape index (κ2) is 7.74. The van der Waals surface area contributed by atoms with Gasteiger partial charge in [-0.25, -0.2) is 0 Å². The number of benzene rings is 1. The van der Waals surface area contributed by atoms with Crippen molar-refractivity contribution < 1.29 is 23.3 Å². The van der Waals surface area contributed by atoms with Crippen LogP contribution in [0.25, 0.3) is 11.1 Å². The van der Waals surface area contributed by atoms with Crippen molar-refractivity contribution in [1.82, 2.24) is 4.98 Å². The number of hydrogen-bond acceptors (Lipinski definition) is 7. The molecule has 0 atom stereocenters. The van der Waals surface area contributed by atoms with Crippen LogP contribution in [0.4, 0.5) is 4.39 Å². The number of fused-ring (bicyclic) bond motifs is 1. The van der Waals surface area contributed by atoms with E-state index in [1.165, 1.54) is 24.5 Å². The Kier molecular flexibility index (Phi) is 5.00. The first-order valence-electron chi connectivity index (χ1n) is 8.43. The summed E-state index contributed by atoms with van der Waals surface area (Å²) in [5, 5.41) is 12.0. The molecule has 2 aromatic heterocycles. The summed E-state index contributed by atoms with van der Waals surface area (Å²) in [5.74, 6) is 0.860. The number of hydrogen-bond donors (Lipinski definition) is 0. The fraction of sp³-hybridized carbons (Fsp3) is 0.200. The second-order valence-electron chi connectivity index (χ2n) is 5.91. The maximum atomic E-state index is 13.5. The minimum atomic E-state index is -0.651. The number of methoxy groups -OCH3 is 1. The smallest absolute Gasteiger partial charge is 0.216 e. The summed E-state index contributed by atoms with van der Waals surface area (Å²) >= 11 is 1.31. The molecular formula is C20H15FN2O4S. The molecule has 8 heteroatoms. The van der Waals surface area contributed by atoms with Gasteiger partial charge in [0.1, 0.15) is 31.5 Å². The van der Waals surface area contributed by atoms with Crippen molar-refractivity contribution in [2.75, 3.05) is 20.3 Å². The zero-order valence-corrected chi connectivity index (χ0v) is 15.7. The molecule has 3 heterocycles. The molecule has 0 bridgehead atoms. The number of nitrogens with zero attached hydrogens (tertiary/aromatic N) is 2. The number of aromatic nitrogens is 1. The van der Waals surface area contributed by atoms with Gasteiger partial charge in [-0.3, -0.25) is 0 Å². The van der Waals surface area contributed by atoms with Crippen LogP contribution in [0, 0.1) is 17.3 Å². The summed E-state index contributed by atoms with van der Waals surface area (Å²) in [6, 6.07) is 10.6. The molecule has 0 fully saturated rings. The average Bonchev–Trinajstić information content (AvgIpc) is 3.14. The van der Waals surface area contributed by atoms with Gasteiger partial charge in [0.25, 0.3) is 0 Å². The number of nitriles is 1. The number of thiophene rings is 1. The van der Waals surface area contributed by atoms with Crippen molar-refractivity contribution in [3.63, 3.8) is 0 Å². The normalized spacial score (nSPS) is 12.3. The first kappa shape index (κ1) is 18.1. The maximum absolute atomic E-state index is 13.5. The predicted molar refractivity (Wildman–Crippen MR) is 101 cm³/mol. The standard InChI is InChI=1S/C20H15FN2O4S/c1-24-19-7-12(6-18(21)23-19)10-27-20-14(9-22)15(11-28-20)13-2-3-16-17(8-13)26-5-4-25-16/h2-3,6-8,11H,4-5,10H2,1H3. The van der Waals surface area contributed by atoms with E-state index in [2.05, 4.69) is 11.1 Å². The summed E-state index contributed by atoms with van der Waals surface area (Å²) < 4.78 is 35.4. The highest BCUT2D eigenvalue weighted by atomic mass is 32.1. The highest BCUT2D eigenvalue weighted by Gasteiger charge is 2.18. The van der Waals surface area contributed by atoms with Gasteiger partial charge in [0, 0.05) is 23.1 Å². The van der Waals surface area contributed by atoms with Crippen LogP contribution in [0.5, 0.6) is 22.4 Å². The lowest BCUT2D eigenvalue weighted by molar-refractivity contribution is 0.171. The third-order valence-electron chi connectivity index (χ3n) is 4.13. The Labute approximate surface area is 164 Å². The van der Waals surface area contributed by atoms with E-state index in [1.807, 2.05) is 23.6 Å². The molecule has 142 valence electrons. The zero-order chi connectivity index (χ0) is 19.5. The average molecular weight is 398 g/mol. The van der Waals surface area contributed by atoms with Gasteiger partial charge in [-0.15, -0.1) is 11.3 Å². The largest absolute Gasteiger partial charge is 0.486 e. The van der Waals surface area contributed by atoms with Crippen molar-refractivity contribution >= 4 is 11.3 Å². The van der Waals surface area contributed by atoms with E-state index in [0.29, 0.717) is 40.9 Å². The van der Waals surface area contributed by atoms with Crippen molar-refractivity contribution in [2.45, 2.75) is 6.61 Å². The summed E-state index contributed by atoms with van der Waals surface area (Å²) in [7, 11) is 1.42. The molecule has 0 spiro atoms. The summed E-state index contributed by atoms with van der Waals surface area (Å²) in [6.45, 7) is 1.10. The minimum Gasteiger partial charge on any atom is -0.486 e. The van der Waals surface area contributed by atoms with E-state index >= 15 is 0 Å². The Morgan fingerprint density at radius 3 is 2.82 bits per heavy atom. The van der Waals surface area contributed by atoms with Gasteiger partial charge >= 0.3 is 0 Å². The van der Waals surface area contributed by atoms with Gasteiger partial charge in [0.15, 0.2) is 16.6 Å². The van der Waals surface area contributed by atoms with Crippen LogP contribution in [-0.4, -0.2) is 25.3 Å². The van der Waals surface area contributed by atoms with Crippen LogP contribution in [0.3, 0.4) is 0 Å². The van der Waals surface area contributed by atoms with E-state index in [9.17, 15) is 9.65 Å². The molecule has 0 aliphatic carbocycles. The van der Waals surface area contributed by atoms with Gasteiger partial charge in [0.2, 0.25) is 11.8 Å². The molecule has 4 rings (SSSR count). The van der Waals surface area contributed by atoms with E-state index in [4.69, 9.17) is 18.9 Å². The number of pyridine rings is 1. The van der Waals surface area contributed by atoms with E-state index in [0.717, 1.165) is 11.1 Å². The van der Waals surface area contributed by atoms with E-state index in [-0.39, 0.29) is 12.5 Å². The molecule has 0 N–H and O–H groups in total. The monoisotopic (exact) mass is 398 g/mol. The summed E-state index contributed by atoms with van der Waals surface area (Å²) in [5.41, 5.74) is 2.56. The van der Waals surface area contributed by atoms with Crippen LogP contribution >= 0.6 is 11.3 Å². The third kappa shape index (κ3) is 3.57. The molecule has 0 amide bonds. The van der Waals surface area contributed by atoms with Crippen molar-refractivity contribution in [3.8, 4) is 39.6 Å². The van der Waals surface area contributed by atoms with E-state index < -0.39 is 5.95 Å². The molecule has 1 aliphatic rings. The van der Waals surface area contributed by atoms with Crippen LogP contribution < -0.4 is 18.9 Å². The van der Waals surface area contributed by atoms with Gasteiger partial charge < -0.3 is 18.9 Å². The first-order chi connectivity index (χ1) is 13.7. The zero-order valence-electron chi connectivity index (χ0n) is 14.9. The molecule has 3 aromatic rings. The van der Waals surface area contributed by atoms with Gasteiger partial charge in [-0.2, -0.15) is 14.6 Å². The molecule has 0 saturated carbocycles. The number of ether oxygens (including phenoxy) is 4. The van der Waals surface area contributed by atoms with Gasteiger partial charge in [0.05, 0.1) is 7.11 Å². The molecule has 1 aliphatic heterocycles. The topological polar surface area (TPSA) is 73.6 Å². The SMILES string of the molecule is COc1cc(COc2scc(-c3ccc4c(c3)OCCO4)c2C#N)cc(F)n1. The molecule has 6 nitrogen and oxygen atoms in total. The fourth-order valence-electron chi connectivity index (χ4n) is 2.84. The molecular weight excluding hydrogens is 383 g/mol. The fourth-order valence-corrected chi connectivity index (χ4v) is 3.71. The number of halogens is 1. The van der Waals surface area contributed by atoms with Crippen molar-refractivity contribution in [2.24, 2.45) is 0 Å². The van der Waals surface area contributed by atoms with Gasteiger partial charge in [-0.05, 0) is 23.3 Å². The van der Waals surface area contributed by atoms with Crippen LogP contribution in [-0.2, 0) is 6.61 Å². The van der Waals surface area contributed by atoms with Crippen molar-refractivity contribution in [3.05, 3.63) is 52.8 Å². The third-order valence-corrected chi connectivity index (χ3v) is 5.02. The second-order valence-corrected chi connectivity index (χ2v) is 6.75. The highest BCUT2D eigenvalue weighted by Crippen LogP contribution is 2.40. The quantitative estimate of drug-likeness (QED) is 0.601. The Morgan fingerprint density at radius 2 is 2.04 bits per heavy atom. The Balaban J connectivity index is 1.58. The molecule has 28 heavy (non-hydrogen) atoms. The minimum absolute atomic E-state index is 0.0889. The van der Waals surface area contributed by atoms with Crippen LogP contribution in [0.1, 0.15) is 11.1 Å². The highest BCUT2D eigenvalue weighted by molar-refractivity contribution is 7.12. The summed E-state index contributed by atoms with van der Waals surface area (Å²) in [4.78, 5) is 3.60. The Bertz CT molecular complexity index is 1060. The Hall–Kier alpha value is -3.31. The molecule has 0 unspecified atom stereocenters. The lowest BCUT2D eigenvalue weighted by Gasteiger charge is -2.18. The lowest BCUT2D eigenvalue weighted by Crippen LogP contribution is -2.15. The number of rotatable bonds is 5. The van der Waals surface area contributed by atoms with Gasteiger partial charge in [-0.1, -0.05) is 6.07 Å². The predicted octanol–water partition coefficient (Wildman–Crippen LogP) is 4.18. The molecule has 0 radical (unpaired) electrons. The van der Waals surface area contributed by atoms with E-state index in [1.54, 1.807) is 6.07 Å².